The van der Waals surface area contributed by atoms with E-state index in [1.54, 1.807) is 6.20 Å². The lowest BCUT2D eigenvalue weighted by Crippen LogP contribution is -1.94. The van der Waals surface area contributed by atoms with Crippen molar-refractivity contribution in [3.05, 3.63) is 29.8 Å². The number of nitrogens with zero attached hydrogens (tertiary/aromatic N) is 3. The number of fused-ring (bicyclic) bond motifs is 1. The molecule has 0 aliphatic rings. The molecule has 3 nitrogen and oxygen atoms in total. The van der Waals surface area contributed by atoms with Crippen LogP contribution in [0, 0.1) is 6.92 Å². The lowest BCUT2D eigenvalue weighted by molar-refractivity contribution is 0.854. The first-order valence-corrected chi connectivity index (χ1v) is 4.61. The maximum absolute atomic E-state index is 4.38. The van der Waals surface area contributed by atoms with Gasteiger partial charge in [-0.25, -0.2) is 9.97 Å². The van der Waals surface area contributed by atoms with Crippen molar-refractivity contribution < 1.29 is 0 Å². The van der Waals surface area contributed by atoms with Crippen LogP contribution in [0.5, 0.6) is 0 Å². The van der Waals surface area contributed by atoms with Crippen LogP contribution in [0.15, 0.2) is 18.5 Å². The van der Waals surface area contributed by atoms with Crippen LogP contribution in [-0.4, -0.2) is 14.4 Å². The first-order chi connectivity index (χ1) is 6.33. The van der Waals surface area contributed by atoms with Crippen molar-refractivity contribution in [1.29, 1.82) is 0 Å². The Morgan fingerprint density at radius 3 is 3.08 bits per heavy atom. The van der Waals surface area contributed by atoms with Gasteiger partial charge in [0.1, 0.15) is 0 Å². The van der Waals surface area contributed by atoms with Gasteiger partial charge in [0, 0.05) is 18.1 Å². The summed E-state index contributed by atoms with van der Waals surface area (Å²) >= 11 is 0. The van der Waals surface area contributed by atoms with E-state index in [0.29, 0.717) is 0 Å². The zero-order valence-corrected chi connectivity index (χ0v) is 7.99. The number of hydrogen-bond donors (Lipinski definition) is 0. The molecule has 0 unspecified atom stereocenters. The summed E-state index contributed by atoms with van der Waals surface area (Å²) in [6.07, 6.45) is 6.01. The fourth-order valence-electron chi connectivity index (χ4n) is 1.58. The van der Waals surface area contributed by atoms with E-state index >= 15 is 0 Å². The Kier molecular flexibility index (Phi) is 2.00. The highest BCUT2D eigenvalue weighted by Crippen LogP contribution is 2.11. The highest BCUT2D eigenvalue weighted by molar-refractivity contribution is 5.34. The van der Waals surface area contributed by atoms with E-state index in [1.165, 1.54) is 5.69 Å². The van der Waals surface area contributed by atoms with E-state index < -0.39 is 0 Å². The molecule has 0 fully saturated rings. The molecular formula is C10H13N3. The van der Waals surface area contributed by atoms with Gasteiger partial charge in [-0.2, -0.15) is 0 Å². The van der Waals surface area contributed by atoms with Gasteiger partial charge in [-0.15, -0.1) is 0 Å². The summed E-state index contributed by atoms with van der Waals surface area (Å²) in [4.78, 5) is 8.58. The second-order valence-electron chi connectivity index (χ2n) is 3.18. The van der Waals surface area contributed by atoms with Crippen LogP contribution >= 0.6 is 0 Å². The Morgan fingerprint density at radius 1 is 1.46 bits per heavy atom. The average Bonchev–Trinajstić information content (AvgIpc) is 2.44. The van der Waals surface area contributed by atoms with Crippen molar-refractivity contribution in [3.8, 4) is 0 Å². The van der Waals surface area contributed by atoms with Crippen molar-refractivity contribution in [2.45, 2.75) is 26.7 Å². The molecule has 0 spiro atoms. The number of rotatable bonds is 2. The normalized spacial score (nSPS) is 10.9. The van der Waals surface area contributed by atoms with Crippen LogP contribution in [0.25, 0.3) is 5.78 Å². The second kappa shape index (κ2) is 3.17. The summed E-state index contributed by atoms with van der Waals surface area (Å²) in [7, 11) is 0. The number of aryl methyl sites for hydroxylation is 2. The predicted molar refractivity (Wildman–Crippen MR) is 51.7 cm³/mol. The van der Waals surface area contributed by atoms with Gasteiger partial charge in [-0.1, -0.05) is 13.3 Å². The summed E-state index contributed by atoms with van der Waals surface area (Å²) in [6, 6.07) is 1.94. The van der Waals surface area contributed by atoms with Gasteiger partial charge in [0.15, 0.2) is 0 Å². The molecule has 3 heteroatoms. The Labute approximate surface area is 77.4 Å². The van der Waals surface area contributed by atoms with Gasteiger partial charge in [0.2, 0.25) is 5.78 Å². The lowest BCUT2D eigenvalue weighted by atomic mass is 10.2. The summed E-state index contributed by atoms with van der Waals surface area (Å²) in [5, 5.41) is 0. The molecule has 68 valence electrons. The van der Waals surface area contributed by atoms with E-state index in [-0.39, 0.29) is 0 Å². The zero-order chi connectivity index (χ0) is 9.26. The maximum atomic E-state index is 4.38. The third-order valence-electron chi connectivity index (χ3n) is 2.19. The van der Waals surface area contributed by atoms with Gasteiger partial charge >= 0.3 is 0 Å². The molecule has 0 saturated carbocycles. The SMILES string of the molecule is CCCc1c(C)nc2ncccn12. The molecule has 0 amide bonds. The van der Waals surface area contributed by atoms with Gasteiger partial charge in [0.25, 0.3) is 0 Å². The van der Waals surface area contributed by atoms with Crippen LogP contribution in [-0.2, 0) is 6.42 Å². The summed E-state index contributed by atoms with van der Waals surface area (Å²) in [6.45, 7) is 4.22. The molecule has 13 heavy (non-hydrogen) atoms. The number of imidazole rings is 1. The third kappa shape index (κ3) is 1.30. The molecule has 0 bridgehead atoms. The van der Waals surface area contributed by atoms with Crippen LogP contribution in [0.1, 0.15) is 24.7 Å². The molecule has 2 rings (SSSR count). The third-order valence-corrected chi connectivity index (χ3v) is 2.19. The molecular weight excluding hydrogens is 162 g/mol. The van der Waals surface area contributed by atoms with E-state index in [9.17, 15) is 0 Å². The summed E-state index contributed by atoms with van der Waals surface area (Å²) in [5.41, 5.74) is 2.38. The van der Waals surface area contributed by atoms with Gasteiger partial charge < -0.3 is 0 Å². The molecule has 0 aromatic carbocycles. The summed E-state index contributed by atoms with van der Waals surface area (Å²) < 4.78 is 2.07. The largest absolute Gasteiger partial charge is 0.288 e. The molecule has 2 aromatic heterocycles. The van der Waals surface area contributed by atoms with Crippen molar-refractivity contribution in [2.75, 3.05) is 0 Å². The zero-order valence-electron chi connectivity index (χ0n) is 7.99. The lowest BCUT2D eigenvalue weighted by Gasteiger charge is -1.98. The number of hydrogen-bond acceptors (Lipinski definition) is 2. The molecule has 0 N–H and O–H groups in total. The number of aromatic nitrogens is 3. The first-order valence-electron chi connectivity index (χ1n) is 4.61. The fourth-order valence-corrected chi connectivity index (χ4v) is 1.58. The van der Waals surface area contributed by atoms with Crippen molar-refractivity contribution in [1.82, 2.24) is 14.4 Å². The Bertz CT molecular complexity index is 417. The quantitative estimate of drug-likeness (QED) is 0.698. The second-order valence-corrected chi connectivity index (χ2v) is 3.18. The Morgan fingerprint density at radius 2 is 2.31 bits per heavy atom. The first kappa shape index (κ1) is 8.23. The van der Waals surface area contributed by atoms with Gasteiger partial charge in [-0.3, -0.25) is 4.40 Å². The minimum atomic E-state index is 0.809. The van der Waals surface area contributed by atoms with E-state index in [2.05, 4.69) is 21.3 Å². The standard InChI is InChI=1S/C10H13N3/c1-3-5-9-8(2)12-10-11-6-4-7-13(9)10/h4,6-7H,3,5H2,1-2H3. The van der Waals surface area contributed by atoms with Crippen molar-refractivity contribution in [2.24, 2.45) is 0 Å². The highest BCUT2D eigenvalue weighted by Gasteiger charge is 2.06. The Hall–Kier alpha value is -1.38. The molecule has 0 aliphatic heterocycles. The average molecular weight is 175 g/mol. The van der Waals surface area contributed by atoms with Crippen LogP contribution in [0.3, 0.4) is 0 Å². The topological polar surface area (TPSA) is 30.2 Å². The van der Waals surface area contributed by atoms with Crippen molar-refractivity contribution >= 4 is 5.78 Å². The maximum Gasteiger partial charge on any atom is 0.234 e. The van der Waals surface area contributed by atoms with E-state index in [1.807, 2.05) is 19.2 Å². The van der Waals surface area contributed by atoms with Crippen LogP contribution < -0.4 is 0 Å². The minimum Gasteiger partial charge on any atom is -0.288 e. The molecule has 0 radical (unpaired) electrons. The molecule has 0 aliphatic carbocycles. The highest BCUT2D eigenvalue weighted by atomic mass is 15.1. The van der Waals surface area contributed by atoms with E-state index in [0.717, 1.165) is 24.3 Å². The van der Waals surface area contributed by atoms with Crippen LogP contribution in [0.4, 0.5) is 0 Å². The van der Waals surface area contributed by atoms with Gasteiger partial charge in [0.05, 0.1) is 5.69 Å². The monoisotopic (exact) mass is 175 g/mol. The van der Waals surface area contributed by atoms with Crippen molar-refractivity contribution in [3.63, 3.8) is 0 Å². The Balaban J connectivity index is 2.64. The summed E-state index contributed by atoms with van der Waals surface area (Å²) in [5.74, 6) is 0.809. The predicted octanol–water partition coefficient (Wildman–Crippen LogP) is 1.99. The van der Waals surface area contributed by atoms with Gasteiger partial charge in [-0.05, 0) is 19.4 Å². The molecule has 2 heterocycles. The van der Waals surface area contributed by atoms with Crippen LogP contribution in [0.2, 0.25) is 0 Å². The minimum absolute atomic E-state index is 0.809. The molecule has 0 saturated heterocycles. The molecule has 0 atom stereocenters. The smallest absolute Gasteiger partial charge is 0.234 e. The molecule has 2 aromatic rings. The fraction of sp³-hybridized carbons (Fsp3) is 0.400. The van der Waals surface area contributed by atoms with E-state index in [4.69, 9.17) is 0 Å².